The smallest absolute Gasteiger partial charge is 0.244 e. The lowest BCUT2D eigenvalue weighted by molar-refractivity contribution is -0.291. The molecular formula is C6H3Cl3F8. The van der Waals surface area contributed by atoms with Crippen LogP contribution in [0.25, 0.3) is 0 Å². The fraction of sp³-hybridized carbons (Fsp3) is 1.00. The molecule has 0 spiro atoms. The second kappa shape index (κ2) is 4.77. The summed E-state index contributed by atoms with van der Waals surface area (Å²) in [5, 5.41) is -5.68. The van der Waals surface area contributed by atoms with Crippen molar-refractivity contribution in [1.29, 1.82) is 0 Å². The molecule has 0 saturated carbocycles. The SMILES string of the molecule is FCC(F)(F)C(F)(Cl)C(F)(F)C(F)(F)C(Cl)Cl. The van der Waals surface area contributed by atoms with Crippen LogP contribution in [0.3, 0.4) is 0 Å². The zero-order chi connectivity index (χ0) is 14.3. The van der Waals surface area contributed by atoms with E-state index in [1.165, 1.54) is 0 Å². The summed E-state index contributed by atoms with van der Waals surface area (Å²) in [6, 6.07) is 0. The molecule has 0 rings (SSSR count). The second-order valence-electron chi connectivity index (χ2n) is 2.91. The first-order valence-corrected chi connectivity index (χ1v) is 4.86. The van der Waals surface area contributed by atoms with Gasteiger partial charge in [-0.2, -0.15) is 26.3 Å². The third-order valence-electron chi connectivity index (χ3n) is 1.71. The van der Waals surface area contributed by atoms with Crippen LogP contribution in [-0.4, -0.2) is 34.4 Å². The molecule has 0 aliphatic rings. The Kier molecular flexibility index (Phi) is 4.86. The third-order valence-corrected chi connectivity index (χ3v) is 2.78. The number of alkyl halides is 11. The normalized spacial score (nSPS) is 18.4. The van der Waals surface area contributed by atoms with Gasteiger partial charge in [0.05, 0.1) is 0 Å². The highest BCUT2D eigenvalue weighted by Crippen LogP contribution is 2.56. The summed E-state index contributed by atoms with van der Waals surface area (Å²) < 4.78 is 101. The second-order valence-corrected chi connectivity index (χ2v) is 4.53. The van der Waals surface area contributed by atoms with Gasteiger partial charge >= 0.3 is 22.9 Å². The van der Waals surface area contributed by atoms with Crippen molar-refractivity contribution in [3.63, 3.8) is 0 Å². The van der Waals surface area contributed by atoms with E-state index in [0.717, 1.165) is 0 Å². The van der Waals surface area contributed by atoms with Gasteiger partial charge in [-0.15, -0.1) is 0 Å². The maximum atomic E-state index is 12.9. The van der Waals surface area contributed by atoms with Gasteiger partial charge in [0.15, 0.2) is 11.5 Å². The van der Waals surface area contributed by atoms with Crippen LogP contribution in [0.1, 0.15) is 0 Å². The zero-order valence-corrected chi connectivity index (χ0v) is 9.71. The van der Waals surface area contributed by atoms with Crippen LogP contribution in [0, 0.1) is 0 Å². The fourth-order valence-corrected chi connectivity index (χ4v) is 1.11. The molecule has 0 N–H and O–H groups in total. The lowest BCUT2D eigenvalue weighted by Gasteiger charge is -2.37. The van der Waals surface area contributed by atoms with Crippen molar-refractivity contribution in [3.8, 4) is 0 Å². The van der Waals surface area contributed by atoms with Gasteiger partial charge in [0, 0.05) is 0 Å². The number of hydrogen-bond acceptors (Lipinski definition) is 0. The van der Waals surface area contributed by atoms with Crippen molar-refractivity contribution in [2.24, 2.45) is 0 Å². The lowest BCUT2D eigenvalue weighted by Crippen LogP contribution is -2.64. The quantitative estimate of drug-likeness (QED) is 0.511. The fourth-order valence-electron chi connectivity index (χ4n) is 0.660. The minimum absolute atomic E-state index is 3.01. The Hall–Kier alpha value is 0.310. The summed E-state index contributed by atoms with van der Waals surface area (Å²) in [6.07, 6.45) is 0. The first kappa shape index (κ1) is 17.3. The van der Waals surface area contributed by atoms with Crippen molar-refractivity contribution in [2.45, 2.75) is 27.7 Å². The number of rotatable bonds is 5. The van der Waals surface area contributed by atoms with Crippen molar-refractivity contribution < 1.29 is 35.1 Å². The summed E-state index contributed by atoms with van der Waals surface area (Å²) in [4.78, 5) is -3.22. The Morgan fingerprint density at radius 3 is 1.47 bits per heavy atom. The first-order chi connectivity index (χ1) is 7.25. The minimum Gasteiger partial charge on any atom is -0.244 e. The van der Waals surface area contributed by atoms with E-state index in [1.807, 2.05) is 0 Å². The molecule has 0 aliphatic heterocycles. The molecule has 17 heavy (non-hydrogen) atoms. The Bertz CT molecular complexity index is 276. The van der Waals surface area contributed by atoms with Gasteiger partial charge in [-0.05, 0) is 0 Å². The molecule has 0 aromatic heterocycles. The molecule has 0 aromatic rings. The molecular weight excluding hydrogens is 330 g/mol. The molecule has 1 unspecified atom stereocenters. The predicted molar refractivity (Wildman–Crippen MR) is 46.0 cm³/mol. The average Bonchev–Trinajstić information content (AvgIpc) is 2.16. The largest absolute Gasteiger partial charge is 0.366 e. The molecule has 1 atom stereocenters. The van der Waals surface area contributed by atoms with Crippen LogP contribution < -0.4 is 0 Å². The summed E-state index contributed by atoms with van der Waals surface area (Å²) in [6.45, 7) is -3.01. The predicted octanol–water partition coefficient (Wildman–Crippen LogP) is 4.57. The summed E-state index contributed by atoms with van der Waals surface area (Å²) in [5.41, 5.74) is 0. The molecule has 0 aromatic carbocycles. The molecule has 11 heteroatoms. The third kappa shape index (κ3) is 2.53. The van der Waals surface area contributed by atoms with Gasteiger partial charge in [0.25, 0.3) is 0 Å². The van der Waals surface area contributed by atoms with Crippen LogP contribution in [0.2, 0.25) is 0 Å². The van der Waals surface area contributed by atoms with Crippen LogP contribution in [0.5, 0.6) is 0 Å². The standard InChI is InChI=1S/C6H3Cl3F8/c7-2(8)4(13,14)6(16,17)5(9,15)3(11,12)1-10/h2H,1H2. The lowest BCUT2D eigenvalue weighted by atomic mass is 10.0. The minimum atomic E-state index is -6.19. The van der Waals surface area contributed by atoms with Crippen LogP contribution >= 0.6 is 34.8 Å². The average molecular weight is 333 g/mol. The Morgan fingerprint density at radius 2 is 1.24 bits per heavy atom. The molecule has 0 radical (unpaired) electrons. The van der Waals surface area contributed by atoms with E-state index < -0.39 is 34.4 Å². The summed E-state index contributed by atoms with van der Waals surface area (Å²) >= 11 is 12.9. The van der Waals surface area contributed by atoms with Gasteiger partial charge in [-0.25, -0.2) is 8.78 Å². The number of halogens is 11. The van der Waals surface area contributed by atoms with E-state index in [0.29, 0.717) is 0 Å². The maximum Gasteiger partial charge on any atom is 0.366 e. The highest BCUT2D eigenvalue weighted by molar-refractivity contribution is 6.45. The van der Waals surface area contributed by atoms with Crippen molar-refractivity contribution in [3.05, 3.63) is 0 Å². The van der Waals surface area contributed by atoms with Gasteiger partial charge in [-0.1, -0.05) is 34.8 Å². The van der Waals surface area contributed by atoms with Crippen LogP contribution in [0.4, 0.5) is 35.1 Å². The summed E-state index contributed by atoms with van der Waals surface area (Å²) in [5.74, 6) is -17.4. The van der Waals surface area contributed by atoms with E-state index in [-0.39, 0.29) is 0 Å². The van der Waals surface area contributed by atoms with E-state index in [2.05, 4.69) is 34.8 Å². The Morgan fingerprint density at radius 1 is 0.882 bits per heavy atom. The molecule has 0 aliphatic carbocycles. The Balaban J connectivity index is 5.61. The molecule has 0 amide bonds. The highest BCUT2D eigenvalue weighted by atomic mass is 35.5. The van der Waals surface area contributed by atoms with E-state index in [4.69, 9.17) is 0 Å². The van der Waals surface area contributed by atoms with Crippen LogP contribution in [-0.2, 0) is 0 Å². The van der Waals surface area contributed by atoms with Crippen molar-refractivity contribution >= 4 is 34.8 Å². The van der Waals surface area contributed by atoms with E-state index in [1.54, 1.807) is 0 Å². The zero-order valence-electron chi connectivity index (χ0n) is 7.44. The molecule has 0 saturated heterocycles. The van der Waals surface area contributed by atoms with Gasteiger partial charge < -0.3 is 0 Å². The molecule has 104 valence electrons. The maximum absolute atomic E-state index is 12.9. The Labute approximate surface area is 105 Å². The molecule has 0 heterocycles. The van der Waals surface area contributed by atoms with Gasteiger partial charge in [-0.3, -0.25) is 0 Å². The first-order valence-electron chi connectivity index (χ1n) is 3.61. The molecule has 0 fully saturated rings. The van der Waals surface area contributed by atoms with Crippen molar-refractivity contribution in [2.75, 3.05) is 6.67 Å². The van der Waals surface area contributed by atoms with Gasteiger partial charge in [0.2, 0.25) is 0 Å². The van der Waals surface area contributed by atoms with Crippen molar-refractivity contribution in [1.82, 2.24) is 0 Å². The van der Waals surface area contributed by atoms with Crippen LogP contribution in [0.15, 0.2) is 0 Å². The topological polar surface area (TPSA) is 0 Å². The molecule has 0 bridgehead atoms. The van der Waals surface area contributed by atoms with Gasteiger partial charge in [0.1, 0.15) is 0 Å². The van der Waals surface area contributed by atoms with E-state index in [9.17, 15) is 35.1 Å². The monoisotopic (exact) mass is 332 g/mol. The number of hydrogen-bond donors (Lipinski definition) is 0. The summed E-state index contributed by atoms with van der Waals surface area (Å²) in [7, 11) is 0. The highest BCUT2D eigenvalue weighted by Gasteiger charge is 2.80. The van der Waals surface area contributed by atoms with E-state index >= 15 is 0 Å². The molecule has 0 nitrogen and oxygen atoms in total.